The fourth-order valence-electron chi connectivity index (χ4n) is 12.9. The van der Waals surface area contributed by atoms with Gasteiger partial charge < -0.3 is 28.8 Å². The highest BCUT2D eigenvalue weighted by Gasteiger charge is 2.34. The van der Waals surface area contributed by atoms with Crippen molar-refractivity contribution >= 4 is 43.6 Å². The predicted molar refractivity (Wildman–Crippen MR) is 362 cm³/mol. The van der Waals surface area contributed by atoms with E-state index in [1.807, 2.05) is 21.3 Å². The molecule has 0 bridgehead atoms. The molecule has 0 aliphatic rings. The molecular formula is C79H90F4N2O4. The highest BCUT2D eigenvalue weighted by Crippen LogP contribution is 2.51. The number of fused-ring (bicyclic) bond motifs is 6. The maximum Gasteiger partial charge on any atom is 0.168 e. The van der Waals surface area contributed by atoms with Gasteiger partial charge in [0.05, 0.1) is 33.4 Å². The summed E-state index contributed by atoms with van der Waals surface area (Å²) in [7, 11) is 0. The Morgan fingerprint density at radius 1 is 0.360 bits per heavy atom. The van der Waals surface area contributed by atoms with Crippen molar-refractivity contribution in [3.63, 3.8) is 0 Å². The normalized spacial score (nSPS) is 13.2. The van der Waals surface area contributed by atoms with Crippen LogP contribution in [0, 0.1) is 28.7 Å². The second-order valence-corrected chi connectivity index (χ2v) is 31.5. The van der Waals surface area contributed by atoms with Gasteiger partial charge in [0.25, 0.3) is 0 Å². The van der Waals surface area contributed by atoms with E-state index in [0.29, 0.717) is 17.8 Å². The van der Waals surface area contributed by atoms with Crippen LogP contribution >= 0.6 is 0 Å². The minimum Gasteiger partial charge on any atom is -0.505 e. The average Bonchev–Trinajstić information content (AvgIpc) is 1.64. The summed E-state index contributed by atoms with van der Waals surface area (Å²) in [6, 6.07) is 37.0. The standard InChI is InChI=1S/C79H90F4N2O4/c1-21-78(17,18)49-36-57(69(86)67(38-49)84-63-26-22-45(74(5,6)7)32-53(63)54-33-46(75(8,9)10)23-27-64(54)84)59-40-51(80)42-61(82)71(59)88-30-31-89-72-60(41-52(81)43-62(72)83)58-37-50(79(19,20)44-73(2,3)4)39-68(70(58)87)85-65-28-24-47(76(11,12)13)34-55(65)56-35-48(77(14,15)16)25-29-66(56)85/h22-29,32-43,86-87H,21,30-31,44H2,1-20H3. The number of rotatable bonds is 13. The van der Waals surface area contributed by atoms with Crippen LogP contribution in [-0.4, -0.2) is 32.6 Å². The lowest BCUT2D eigenvalue weighted by Gasteiger charge is -2.34. The minimum absolute atomic E-state index is 0.0451. The molecule has 0 atom stereocenters. The molecule has 10 aromatic rings. The minimum atomic E-state index is -1.03. The van der Waals surface area contributed by atoms with Gasteiger partial charge in [-0.05, 0) is 169 Å². The van der Waals surface area contributed by atoms with E-state index >= 15 is 17.6 Å². The number of hydrogen-bond donors (Lipinski definition) is 2. The molecule has 0 amide bonds. The predicted octanol–water partition coefficient (Wildman–Crippen LogP) is 22.2. The molecule has 0 saturated carbocycles. The number of aromatic nitrogens is 2. The molecule has 89 heavy (non-hydrogen) atoms. The zero-order valence-corrected chi connectivity index (χ0v) is 56.0. The van der Waals surface area contributed by atoms with Crippen LogP contribution in [0.3, 0.4) is 0 Å². The lowest BCUT2D eigenvalue weighted by atomic mass is 9.71. The third-order valence-corrected chi connectivity index (χ3v) is 18.2. The van der Waals surface area contributed by atoms with Crippen LogP contribution < -0.4 is 9.47 Å². The van der Waals surface area contributed by atoms with Crippen molar-refractivity contribution in [3.8, 4) is 56.6 Å². The molecule has 10 heteroatoms. The maximum absolute atomic E-state index is 16.8. The summed E-state index contributed by atoms with van der Waals surface area (Å²) in [4.78, 5) is 0. The Hall–Kier alpha value is -7.72. The van der Waals surface area contributed by atoms with Crippen molar-refractivity contribution in [2.24, 2.45) is 5.41 Å². The largest absolute Gasteiger partial charge is 0.505 e. The van der Waals surface area contributed by atoms with E-state index in [2.05, 4.69) is 211 Å². The first-order valence-corrected chi connectivity index (χ1v) is 31.4. The fraction of sp³-hybridized carbons (Fsp3) is 0.392. The highest BCUT2D eigenvalue weighted by atomic mass is 19.1. The van der Waals surface area contributed by atoms with Gasteiger partial charge in [0.1, 0.15) is 36.3 Å². The smallest absolute Gasteiger partial charge is 0.168 e. The van der Waals surface area contributed by atoms with Crippen LogP contribution in [-0.2, 0) is 32.5 Å². The van der Waals surface area contributed by atoms with Crippen molar-refractivity contribution in [1.82, 2.24) is 9.13 Å². The van der Waals surface area contributed by atoms with E-state index in [-0.39, 0.29) is 72.3 Å². The van der Waals surface area contributed by atoms with Crippen molar-refractivity contribution in [2.45, 2.75) is 184 Å². The Morgan fingerprint density at radius 2 is 0.663 bits per heavy atom. The molecule has 0 aliphatic carbocycles. The van der Waals surface area contributed by atoms with Gasteiger partial charge in [0.2, 0.25) is 0 Å². The van der Waals surface area contributed by atoms with E-state index in [9.17, 15) is 10.2 Å². The second kappa shape index (κ2) is 22.3. The zero-order chi connectivity index (χ0) is 65.2. The number of hydrogen-bond acceptors (Lipinski definition) is 4. The molecule has 10 rings (SSSR count). The van der Waals surface area contributed by atoms with Gasteiger partial charge >= 0.3 is 0 Å². The number of halogens is 4. The van der Waals surface area contributed by atoms with Crippen LogP contribution in [0.25, 0.3) is 77.2 Å². The third-order valence-electron chi connectivity index (χ3n) is 18.2. The number of nitrogens with zero attached hydrogens (tertiary/aromatic N) is 2. The summed E-state index contributed by atoms with van der Waals surface area (Å²) >= 11 is 0. The van der Waals surface area contributed by atoms with Gasteiger partial charge in [0, 0.05) is 55.9 Å². The molecule has 2 N–H and O–H groups in total. The monoisotopic (exact) mass is 1210 g/mol. The second-order valence-electron chi connectivity index (χ2n) is 31.5. The summed E-state index contributed by atoms with van der Waals surface area (Å²) in [5.41, 5.74) is 8.85. The van der Waals surface area contributed by atoms with Gasteiger partial charge in [-0.3, -0.25) is 0 Å². The summed E-state index contributed by atoms with van der Waals surface area (Å²) < 4.78 is 82.0. The number of ether oxygens (including phenoxy) is 2. The van der Waals surface area contributed by atoms with Gasteiger partial charge in [0.15, 0.2) is 23.1 Å². The Morgan fingerprint density at radius 3 is 0.944 bits per heavy atom. The summed E-state index contributed by atoms with van der Waals surface area (Å²) in [6.07, 6.45) is 1.42. The Labute approximate surface area is 524 Å². The average molecular weight is 1210 g/mol. The van der Waals surface area contributed by atoms with E-state index in [0.717, 1.165) is 108 Å². The first-order chi connectivity index (χ1) is 41.2. The Bertz CT molecular complexity index is 4280. The van der Waals surface area contributed by atoms with E-state index in [1.165, 1.54) is 0 Å². The molecular weight excluding hydrogens is 1120 g/mol. The maximum atomic E-state index is 16.8. The molecule has 8 aromatic carbocycles. The number of benzene rings is 8. The Balaban J connectivity index is 1.09. The van der Waals surface area contributed by atoms with Crippen molar-refractivity contribution in [1.29, 1.82) is 0 Å². The summed E-state index contributed by atoms with van der Waals surface area (Å²) in [5, 5.41) is 29.8. The molecule has 468 valence electrons. The van der Waals surface area contributed by atoms with Gasteiger partial charge in [-0.2, -0.15) is 0 Å². The molecule has 0 fully saturated rings. The molecule has 2 heterocycles. The topological polar surface area (TPSA) is 68.8 Å². The molecule has 0 aliphatic heterocycles. The first-order valence-electron chi connectivity index (χ1n) is 31.4. The van der Waals surface area contributed by atoms with E-state index < -0.39 is 47.3 Å². The van der Waals surface area contributed by atoms with Crippen molar-refractivity contribution in [2.75, 3.05) is 13.2 Å². The lowest BCUT2D eigenvalue weighted by Crippen LogP contribution is -2.25. The zero-order valence-electron chi connectivity index (χ0n) is 56.0. The number of phenols is 2. The summed E-state index contributed by atoms with van der Waals surface area (Å²) in [6.45, 7) is 42.4. The lowest BCUT2D eigenvalue weighted by molar-refractivity contribution is 0.207. The molecule has 0 saturated heterocycles. The number of aromatic hydroxyl groups is 2. The van der Waals surface area contributed by atoms with E-state index in [1.54, 1.807) is 12.1 Å². The van der Waals surface area contributed by atoms with Crippen LogP contribution in [0.5, 0.6) is 23.0 Å². The Kier molecular flexibility index (Phi) is 16.1. The van der Waals surface area contributed by atoms with Crippen molar-refractivity contribution < 1.29 is 37.2 Å². The van der Waals surface area contributed by atoms with Crippen LogP contribution in [0.1, 0.15) is 185 Å². The van der Waals surface area contributed by atoms with Crippen LogP contribution in [0.15, 0.2) is 121 Å². The quantitative estimate of drug-likeness (QED) is 0.0892. The van der Waals surface area contributed by atoms with E-state index in [4.69, 9.17) is 9.47 Å². The van der Waals surface area contributed by atoms with Crippen LogP contribution in [0.4, 0.5) is 17.6 Å². The fourth-order valence-corrected chi connectivity index (χ4v) is 12.9. The third kappa shape index (κ3) is 12.3. The van der Waals surface area contributed by atoms with Gasteiger partial charge in [-0.15, -0.1) is 0 Å². The van der Waals surface area contributed by atoms with Gasteiger partial charge in [-0.25, -0.2) is 17.6 Å². The summed E-state index contributed by atoms with van der Waals surface area (Å²) in [5.74, 6) is -5.00. The highest BCUT2D eigenvalue weighted by molar-refractivity contribution is 6.11. The number of phenolic OH excluding ortho intramolecular Hbond substituents is 2. The SMILES string of the molecule is CCC(C)(C)c1cc(-c2cc(F)cc(F)c2OCCOc2c(F)cc(F)cc2-c2cc(C(C)(C)CC(C)(C)C)cc(-n3c4ccc(C(C)(C)C)cc4c4cc(C(C)(C)C)ccc43)c2O)c(O)c(-n2c3ccc(C(C)(C)C)cc3c3cc(C(C)(C)C)ccc32)c1. The molecule has 2 aromatic heterocycles. The first kappa shape index (κ1) is 64.3. The molecule has 6 nitrogen and oxygen atoms in total. The van der Waals surface area contributed by atoms with Gasteiger partial charge in [-0.1, -0.05) is 163 Å². The van der Waals surface area contributed by atoms with Crippen molar-refractivity contribution in [3.05, 3.63) is 178 Å². The molecule has 0 unspecified atom stereocenters. The molecule has 0 radical (unpaired) electrons. The van der Waals surface area contributed by atoms with Crippen LogP contribution in [0.2, 0.25) is 0 Å². The molecule has 0 spiro atoms.